The minimum Gasteiger partial charge on any atom is -0.493 e. The third-order valence-electron chi connectivity index (χ3n) is 3.39. The van der Waals surface area contributed by atoms with Crippen molar-refractivity contribution in [2.24, 2.45) is 10.8 Å². The maximum atomic E-state index is 10.6. The number of primary amides is 1. The Morgan fingerprint density at radius 3 is 2.72 bits per heavy atom. The van der Waals surface area contributed by atoms with Gasteiger partial charge < -0.3 is 15.2 Å². The predicted octanol–water partition coefficient (Wildman–Crippen LogP) is 3.15. The van der Waals surface area contributed by atoms with Gasteiger partial charge in [-0.15, -0.1) is 0 Å². The molecule has 0 fully saturated rings. The molecule has 0 atom stereocenters. The third kappa shape index (κ3) is 6.55. The van der Waals surface area contributed by atoms with Gasteiger partial charge in [0, 0.05) is 6.42 Å². The molecule has 0 saturated carbocycles. The fourth-order valence-electron chi connectivity index (χ4n) is 2.25. The summed E-state index contributed by atoms with van der Waals surface area (Å²) in [6, 6.07) is 12.8. The second-order valence-corrected chi connectivity index (χ2v) is 5.63. The van der Waals surface area contributed by atoms with Crippen molar-refractivity contribution in [1.29, 1.82) is 0 Å². The van der Waals surface area contributed by atoms with Gasteiger partial charge in [-0.3, -0.25) is 0 Å². The molecule has 2 aromatic carbocycles. The van der Waals surface area contributed by atoms with Crippen LogP contribution in [0.2, 0.25) is 0 Å². The Kier molecular flexibility index (Phi) is 6.83. The highest BCUT2D eigenvalue weighted by atomic mass is 16.5. The van der Waals surface area contributed by atoms with Gasteiger partial charge in [0.05, 0.1) is 19.4 Å². The van der Waals surface area contributed by atoms with Crippen LogP contribution in [-0.2, 0) is 0 Å². The standard InChI is InChI=1S/C19H23N3O3/c1-14-7-8-18(15(2)11-14)25-10-4-9-24-17-6-3-5-16(12-17)13-21-22-19(20)23/h3,5-8,11-13H,4,9-10H2,1-2H3,(H3,20,22,23)/b21-13+. The maximum absolute atomic E-state index is 10.6. The molecule has 0 spiro atoms. The number of ether oxygens (including phenoxy) is 2. The molecule has 2 aromatic rings. The first-order chi connectivity index (χ1) is 12.0. The molecular formula is C19H23N3O3. The minimum atomic E-state index is -0.701. The predicted molar refractivity (Wildman–Crippen MR) is 98.3 cm³/mol. The number of carbonyl (C=O) groups excluding carboxylic acids is 1. The summed E-state index contributed by atoms with van der Waals surface area (Å²) in [7, 11) is 0. The van der Waals surface area contributed by atoms with Gasteiger partial charge in [0.25, 0.3) is 0 Å². The normalized spacial score (nSPS) is 10.6. The average molecular weight is 341 g/mol. The number of aryl methyl sites for hydroxylation is 2. The summed E-state index contributed by atoms with van der Waals surface area (Å²) < 4.78 is 11.5. The van der Waals surface area contributed by atoms with Crippen molar-refractivity contribution in [1.82, 2.24) is 5.43 Å². The zero-order valence-corrected chi connectivity index (χ0v) is 14.5. The van der Waals surface area contributed by atoms with E-state index in [1.54, 1.807) is 0 Å². The van der Waals surface area contributed by atoms with Gasteiger partial charge in [0.15, 0.2) is 0 Å². The molecule has 0 bridgehead atoms. The van der Waals surface area contributed by atoms with Gasteiger partial charge in [-0.1, -0.05) is 29.8 Å². The fourth-order valence-corrected chi connectivity index (χ4v) is 2.25. The molecule has 0 saturated heterocycles. The molecule has 0 radical (unpaired) electrons. The second kappa shape index (κ2) is 9.32. The summed E-state index contributed by atoms with van der Waals surface area (Å²) in [5.74, 6) is 1.64. The monoisotopic (exact) mass is 341 g/mol. The summed E-state index contributed by atoms with van der Waals surface area (Å²) >= 11 is 0. The Hall–Kier alpha value is -3.02. The van der Waals surface area contributed by atoms with Gasteiger partial charge in [0.1, 0.15) is 11.5 Å². The van der Waals surface area contributed by atoms with Crippen LogP contribution in [0.25, 0.3) is 0 Å². The lowest BCUT2D eigenvalue weighted by molar-refractivity contribution is 0.246. The molecule has 25 heavy (non-hydrogen) atoms. The number of hydrogen-bond donors (Lipinski definition) is 2. The number of hydrogen-bond acceptors (Lipinski definition) is 4. The highest BCUT2D eigenvalue weighted by Crippen LogP contribution is 2.19. The van der Waals surface area contributed by atoms with E-state index in [2.05, 4.69) is 23.5 Å². The largest absolute Gasteiger partial charge is 0.493 e. The van der Waals surface area contributed by atoms with Crippen LogP contribution in [0.1, 0.15) is 23.1 Å². The molecule has 3 N–H and O–H groups in total. The highest BCUT2D eigenvalue weighted by molar-refractivity contribution is 5.81. The van der Waals surface area contributed by atoms with E-state index >= 15 is 0 Å². The molecule has 6 nitrogen and oxygen atoms in total. The van der Waals surface area contributed by atoms with Crippen LogP contribution >= 0.6 is 0 Å². The van der Waals surface area contributed by atoms with E-state index in [0.717, 1.165) is 29.0 Å². The number of carbonyl (C=O) groups is 1. The summed E-state index contributed by atoms with van der Waals surface area (Å²) in [4.78, 5) is 10.6. The number of nitrogens with zero attached hydrogens (tertiary/aromatic N) is 1. The SMILES string of the molecule is Cc1ccc(OCCCOc2cccc(/C=N/NC(N)=O)c2)c(C)c1. The summed E-state index contributed by atoms with van der Waals surface area (Å²) in [5.41, 5.74) is 10.3. The second-order valence-electron chi connectivity index (χ2n) is 5.63. The van der Waals surface area contributed by atoms with Crippen molar-refractivity contribution < 1.29 is 14.3 Å². The van der Waals surface area contributed by atoms with Crippen LogP contribution in [0.5, 0.6) is 11.5 Å². The van der Waals surface area contributed by atoms with Crippen molar-refractivity contribution in [2.75, 3.05) is 13.2 Å². The lowest BCUT2D eigenvalue weighted by Crippen LogP contribution is -2.24. The quantitative estimate of drug-likeness (QED) is 0.439. The van der Waals surface area contributed by atoms with E-state index < -0.39 is 6.03 Å². The summed E-state index contributed by atoms with van der Waals surface area (Å²) in [6.07, 6.45) is 2.27. The summed E-state index contributed by atoms with van der Waals surface area (Å²) in [5, 5.41) is 3.71. The van der Waals surface area contributed by atoms with Crippen LogP contribution in [0, 0.1) is 13.8 Å². The number of urea groups is 1. The zero-order valence-electron chi connectivity index (χ0n) is 14.5. The first-order valence-electron chi connectivity index (χ1n) is 8.06. The van der Waals surface area contributed by atoms with E-state index in [4.69, 9.17) is 15.2 Å². The lowest BCUT2D eigenvalue weighted by atomic mass is 10.1. The van der Waals surface area contributed by atoms with Crippen molar-refractivity contribution in [2.45, 2.75) is 20.3 Å². The van der Waals surface area contributed by atoms with Crippen molar-refractivity contribution in [3.63, 3.8) is 0 Å². The number of hydrazone groups is 1. The van der Waals surface area contributed by atoms with Gasteiger partial charge in [-0.05, 0) is 43.2 Å². The minimum absolute atomic E-state index is 0.547. The van der Waals surface area contributed by atoms with E-state index in [9.17, 15) is 4.79 Å². The van der Waals surface area contributed by atoms with Crippen LogP contribution < -0.4 is 20.6 Å². The Morgan fingerprint density at radius 1 is 1.16 bits per heavy atom. The first kappa shape index (κ1) is 18.3. The molecule has 6 heteroatoms. The Morgan fingerprint density at radius 2 is 1.96 bits per heavy atom. The van der Waals surface area contributed by atoms with Crippen molar-refractivity contribution in [3.8, 4) is 11.5 Å². The molecule has 2 amide bonds. The molecule has 2 rings (SSSR count). The third-order valence-corrected chi connectivity index (χ3v) is 3.39. The molecule has 0 aliphatic rings. The van der Waals surface area contributed by atoms with Gasteiger partial charge >= 0.3 is 6.03 Å². The Balaban J connectivity index is 1.74. The van der Waals surface area contributed by atoms with Crippen molar-refractivity contribution in [3.05, 3.63) is 59.2 Å². The molecular weight excluding hydrogens is 318 g/mol. The number of amides is 2. The topological polar surface area (TPSA) is 85.9 Å². The van der Waals surface area contributed by atoms with E-state index in [1.165, 1.54) is 11.8 Å². The molecule has 0 heterocycles. The Bertz CT molecular complexity index is 744. The first-order valence-corrected chi connectivity index (χ1v) is 8.06. The van der Waals surface area contributed by atoms with Crippen LogP contribution in [0.3, 0.4) is 0 Å². The summed E-state index contributed by atoms with van der Waals surface area (Å²) in [6.45, 7) is 5.24. The molecule has 0 aromatic heterocycles. The number of rotatable bonds is 8. The van der Waals surface area contributed by atoms with Gasteiger partial charge in [0.2, 0.25) is 0 Å². The average Bonchev–Trinajstić information content (AvgIpc) is 2.56. The smallest absolute Gasteiger partial charge is 0.332 e. The number of nitrogens with two attached hydrogens (primary N) is 1. The van der Waals surface area contributed by atoms with Crippen molar-refractivity contribution >= 4 is 12.2 Å². The van der Waals surface area contributed by atoms with Crippen LogP contribution in [0.4, 0.5) is 4.79 Å². The zero-order chi connectivity index (χ0) is 18.1. The molecule has 0 unspecified atom stereocenters. The molecule has 132 valence electrons. The molecule has 0 aliphatic heterocycles. The maximum Gasteiger partial charge on any atom is 0.332 e. The fraction of sp³-hybridized carbons (Fsp3) is 0.263. The lowest BCUT2D eigenvalue weighted by Gasteiger charge is -2.10. The Labute approximate surface area is 147 Å². The number of nitrogens with one attached hydrogen (secondary N) is 1. The van der Waals surface area contributed by atoms with Crippen LogP contribution in [0.15, 0.2) is 47.6 Å². The van der Waals surface area contributed by atoms with Gasteiger partial charge in [-0.2, -0.15) is 5.10 Å². The van der Waals surface area contributed by atoms with E-state index in [0.29, 0.717) is 13.2 Å². The van der Waals surface area contributed by atoms with Crippen LogP contribution in [-0.4, -0.2) is 25.5 Å². The molecule has 0 aliphatic carbocycles. The van der Waals surface area contributed by atoms with Gasteiger partial charge in [-0.25, -0.2) is 10.2 Å². The van der Waals surface area contributed by atoms with E-state index in [1.807, 2.05) is 43.3 Å². The highest BCUT2D eigenvalue weighted by Gasteiger charge is 2.00. The van der Waals surface area contributed by atoms with E-state index in [-0.39, 0.29) is 0 Å². The number of benzene rings is 2.